The molecule has 0 N–H and O–H groups in total. The van der Waals surface area contributed by atoms with Gasteiger partial charge in [-0.3, -0.25) is 4.79 Å². The van der Waals surface area contributed by atoms with Crippen molar-refractivity contribution in [1.29, 1.82) is 5.26 Å². The van der Waals surface area contributed by atoms with E-state index in [1.165, 1.54) is 0 Å². The highest BCUT2D eigenvalue weighted by Crippen LogP contribution is 2.57. The number of carbonyl (C=O) groups is 1. The van der Waals surface area contributed by atoms with Gasteiger partial charge in [0.25, 0.3) is 0 Å². The SMILES string of the molecule is C=C(C)c1ccc2c(c1)C(=O)C[C@@H]1[C@@]2(C)CCC[C@@]1(C)C#N. The van der Waals surface area contributed by atoms with Gasteiger partial charge in [-0.25, -0.2) is 0 Å². The monoisotopic (exact) mass is 293 g/mol. The second-order valence-electron chi connectivity index (χ2n) is 7.52. The Kier molecular flexibility index (Phi) is 3.29. The van der Waals surface area contributed by atoms with E-state index in [4.69, 9.17) is 0 Å². The zero-order valence-electron chi connectivity index (χ0n) is 13.7. The normalized spacial score (nSPS) is 33.5. The molecule has 2 aliphatic rings. The average Bonchev–Trinajstić information content (AvgIpc) is 2.49. The molecular formula is C20H23NO. The summed E-state index contributed by atoms with van der Waals surface area (Å²) in [4.78, 5) is 12.7. The van der Waals surface area contributed by atoms with Crippen molar-refractivity contribution in [3.8, 4) is 6.07 Å². The molecule has 0 aliphatic heterocycles. The second-order valence-corrected chi connectivity index (χ2v) is 7.52. The first kappa shape index (κ1) is 15.0. The molecule has 1 fully saturated rings. The maximum absolute atomic E-state index is 12.7. The highest BCUT2D eigenvalue weighted by Gasteiger charge is 2.54. The summed E-state index contributed by atoms with van der Waals surface area (Å²) in [5.41, 5.74) is 3.54. The van der Waals surface area contributed by atoms with Crippen LogP contribution < -0.4 is 0 Å². The quantitative estimate of drug-likeness (QED) is 0.739. The predicted octanol–water partition coefficient (Wildman–Crippen LogP) is 4.89. The van der Waals surface area contributed by atoms with Crippen molar-refractivity contribution < 1.29 is 4.79 Å². The molecule has 114 valence electrons. The third-order valence-corrected chi connectivity index (χ3v) is 6.00. The van der Waals surface area contributed by atoms with Crippen molar-refractivity contribution in [2.45, 2.75) is 51.9 Å². The van der Waals surface area contributed by atoms with Crippen LogP contribution in [0.2, 0.25) is 0 Å². The van der Waals surface area contributed by atoms with Crippen LogP contribution in [0.25, 0.3) is 5.57 Å². The molecular weight excluding hydrogens is 270 g/mol. The zero-order chi connectivity index (χ0) is 16.1. The van der Waals surface area contributed by atoms with Gasteiger partial charge in [0.15, 0.2) is 5.78 Å². The van der Waals surface area contributed by atoms with Crippen LogP contribution >= 0.6 is 0 Å². The fourth-order valence-corrected chi connectivity index (χ4v) is 4.61. The molecule has 0 unspecified atom stereocenters. The molecule has 2 nitrogen and oxygen atoms in total. The molecule has 3 rings (SSSR count). The molecule has 0 spiro atoms. The number of hydrogen-bond donors (Lipinski definition) is 0. The summed E-state index contributed by atoms with van der Waals surface area (Å²) in [6.07, 6.45) is 3.50. The summed E-state index contributed by atoms with van der Waals surface area (Å²) in [5, 5.41) is 9.68. The first-order valence-corrected chi connectivity index (χ1v) is 8.07. The Morgan fingerprint density at radius 1 is 1.36 bits per heavy atom. The van der Waals surface area contributed by atoms with Gasteiger partial charge in [-0.15, -0.1) is 0 Å². The van der Waals surface area contributed by atoms with Gasteiger partial charge in [-0.05, 0) is 55.2 Å². The number of rotatable bonds is 1. The summed E-state index contributed by atoms with van der Waals surface area (Å²) >= 11 is 0. The molecule has 1 aromatic rings. The lowest BCUT2D eigenvalue weighted by Crippen LogP contribution is -2.50. The largest absolute Gasteiger partial charge is 0.294 e. The van der Waals surface area contributed by atoms with Gasteiger partial charge in [-0.2, -0.15) is 5.26 Å². The Balaban J connectivity index is 2.18. The Hall–Kier alpha value is -1.88. The van der Waals surface area contributed by atoms with Crippen LogP contribution in [-0.2, 0) is 5.41 Å². The molecule has 0 saturated heterocycles. The van der Waals surface area contributed by atoms with Crippen molar-refractivity contribution in [1.82, 2.24) is 0 Å². The summed E-state index contributed by atoms with van der Waals surface area (Å²) in [7, 11) is 0. The molecule has 0 amide bonds. The topological polar surface area (TPSA) is 40.9 Å². The lowest BCUT2D eigenvalue weighted by molar-refractivity contribution is 0.0556. The minimum absolute atomic E-state index is 0.0699. The summed E-state index contributed by atoms with van der Waals surface area (Å²) in [6.45, 7) is 10.2. The Labute approximate surface area is 132 Å². The van der Waals surface area contributed by atoms with Crippen molar-refractivity contribution >= 4 is 11.4 Å². The molecule has 0 aromatic heterocycles. The second kappa shape index (κ2) is 4.81. The molecule has 22 heavy (non-hydrogen) atoms. The maximum atomic E-state index is 12.7. The van der Waals surface area contributed by atoms with Gasteiger partial charge in [0.2, 0.25) is 0 Å². The molecule has 2 heteroatoms. The highest BCUT2D eigenvalue weighted by molar-refractivity contribution is 6.00. The fraction of sp³-hybridized carbons (Fsp3) is 0.500. The van der Waals surface area contributed by atoms with E-state index in [0.717, 1.165) is 41.5 Å². The van der Waals surface area contributed by atoms with E-state index in [2.05, 4.69) is 31.7 Å². The van der Waals surface area contributed by atoms with E-state index in [1.54, 1.807) is 0 Å². The Morgan fingerprint density at radius 3 is 2.73 bits per heavy atom. The molecule has 0 heterocycles. The van der Waals surface area contributed by atoms with Gasteiger partial charge in [-0.1, -0.05) is 37.6 Å². The molecule has 0 bridgehead atoms. The number of ketones is 1. The smallest absolute Gasteiger partial charge is 0.163 e. The summed E-state index contributed by atoms with van der Waals surface area (Å²) in [6, 6.07) is 8.69. The van der Waals surface area contributed by atoms with E-state index in [1.807, 2.05) is 19.9 Å². The molecule has 1 aromatic carbocycles. The van der Waals surface area contributed by atoms with E-state index < -0.39 is 5.41 Å². The first-order chi connectivity index (χ1) is 10.3. The van der Waals surface area contributed by atoms with Crippen molar-refractivity contribution in [3.63, 3.8) is 0 Å². The van der Waals surface area contributed by atoms with E-state index in [9.17, 15) is 10.1 Å². The van der Waals surface area contributed by atoms with Crippen LogP contribution in [0.3, 0.4) is 0 Å². The number of nitriles is 1. The van der Waals surface area contributed by atoms with E-state index in [0.29, 0.717) is 6.42 Å². The van der Waals surface area contributed by atoms with Crippen LogP contribution in [0.5, 0.6) is 0 Å². The minimum atomic E-state index is -0.395. The minimum Gasteiger partial charge on any atom is -0.294 e. The standard InChI is InChI=1S/C20H23NO/c1-13(2)14-6-7-16-15(10-14)17(22)11-18-19(3,12-21)8-5-9-20(16,18)4/h6-7,10,18H,1,5,8-9,11H2,2-4H3/t18-,19-,20-/m0/s1. The molecule has 3 atom stereocenters. The Morgan fingerprint density at radius 2 is 2.09 bits per heavy atom. The average molecular weight is 293 g/mol. The molecule has 0 radical (unpaired) electrons. The molecule has 2 aliphatic carbocycles. The third kappa shape index (κ3) is 1.96. The van der Waals surface area contributed by atoms with Crippen LogP contribution in [0.4, 0.5) is 0 Å². The van der Waals surface area contributed by atoms with Gasteiger partial charge < -0.3 is 0 Å². The zero-order valence-corrected chi connectivity index (χ0v) is 13.7. The van der Waals surface area contributed by atoms with E-state index in [-0.39, 0.29) is 17.1 Å². The van der Waals surface area contributed by atoms with Gasteiger partial charge >= 0.3 is 0 Å². The Bertz CT molecular complexity index is 711. The van der Waals surface area contributed by atoms with Crippen molar-refractivity contribution in [2.24, 2.45) is 11.3 Å². The number of allylic oxidation sites excluding steroid dienone is 1. The number of benzene rings is 1. The van der Waals surface area contributed by atoms with Crippen LogP contribution in [-0.4, -0.2) is 5.78 Å². The number of carbonyl (C=O) groups excluding carboxylic acids is 1. The molecule has 1 saturated carbocycles. The summed E-state index contributed by atoms with van der Waals surface area (Å²) < 4.78 is 0. The van der Waals surface area contributed by atoms with Gasteiger partial charge in [0.05, 0.1) is 11.5 Å². The lowest BCUT2D eigenvalue weighted by atomic mass is 9.50. The van der Waals surface area contributed by atoms with E-state index >= 15 is 0 Å². The van der Waals surface area contributed by atoms with Crippen molar-refractivity contribution in [2.75, 3.05) is 0 Å². The van der Waals surface area contributed by atoms with Crippen LogP contribution in [0.15, 0.2) is 24.8 Å². The number of nitrogens with zero attached hydrogens (tertiary/aromatic N) is 1. The lowest BCUT2D eigenvalue weighted by Gasteiger charge is -2.52. The third-order valence-electron chi connectivity index (χ3n) is 6.00. The number of fused-ring (bicyclic) bond motifs is 3. The van der Waals surface area contributed by atoms with Gasteiger partial charge in [0.1, 0.15) is 0 Å². The highest BCUT2D eigenvalue weighted by atomic mass is 16.1. The number of hydrogen-bond acceptors (Lipinski definition) is 2. The first-order valence-electron chi connectivity index (χ1n) is 8.07. The van der Waals surface area contributed by atoms with Crippen LogP contribution in [0, 0.1) is 22.7 Å². The maximum Gasteiger partial charge on any atom is 0.163 e. The van der Waals surface area contributed by atoms with Crippen molar-refractivity contribution in [3.05, 3.63) is 41.5 Å². The predicted molar refractivity (Wildman–Crippen MR) is 88.5 cm³/mol. The van der Waals surface area contributed by atoms with Gasteiger partial charge in [0, 0.05) is 12.0 Å². The fourth-order valence-electron chi connectivity index (χ4n) is 4.61. The van der Waals surface area contributed by atoms with Crippen LogP contribution in [0.1, 0.15) is 67.9 Å². The number of Topliss-reactive ketones (excluding diaryl/α,β-unsaturated/α-hetero) is 1. The summed E-state index contributed by atoms with van der Waals surface area (Å²) in [5.74, 6) is 0.304.